The van der Waals surface area contributed by atoms with E-state index in [1.807, 2.05) is 77.7 Å². The molecule has 4 rings (SSSR count). The maximum atomic E-state index is 13.3. The molecule has 0 heterocycles. The largest absolute Gasteiger partial charge is 0.326 e. The second-order valence-corrected chi connectivity index (χ2v) is 8.15. The number of hydrogen-bond acceptors (Lipinski definition) is 2. The number of anilines is 2. The lowest BCUT2D eigenvalue weighted by Crippen LogP contribution is -2.35. The lowest BCUT2D eigenvalue weighted by Gasteiger charge is -2.26. The number of carbonyl (C=O) groups excluding carboxylic acids is 2. The van der Waals surface area contributed by atoms with Crippen LogP contribution in [0.15, 0.2) is 84.9 Å². The molecular formula is C27H28N2O2. The highest BCUT2D eigenvalue weighted by atomic mass is 16.2. The number of nitrogens with zero attached hydrogens (tertiary/aromatic N) is 1. The first-order valence-electron chi connectivity index (χ1n) is 11.0. The zero-order chi connectivity index (χ0) is 21.5. The summed E-state index contributed by atoms with van der Waals surface area (Å²) in [6.45, 7) is 0.560. The predicted molar refractivity (Wildman–Crippen MR) is 125 cm³/mol. The minimum atomic E-state index is -0.0536. The van der Waals surface area contributed by atoms with Gasteiger partial charge in [-0.1, -0.05) is 73.5 Å². The summed E-state index contributed by atoms with van der Waals surface area (Å²) in [6, 6.07) is 27.4. The van der Waals surface area contributed by atoms with E-state index in [9.17, 15) is 9.59 Å². The second-order valence-electron chi connectivity index (χ2n) is 8.15. The highest BCUT2D eigenvalue weighted by Gasteiger charge is 2.28. The highest BCUT2D eigenvalue weighted by Crippen LogP contribution is 2.30. The molecule has 1 aliphatic rings. The highest BCUT2D eigenvalue weighted by molar-refractivity contribution is 5.95. The summed E-state index contributed by atoms with van der Waals surface area (Å²) in [6.07, 6.45) is 4.50. The molecule has 2 amide bonds. The summed E-state index contributed by atoms with van der Waals surface area (Å²) in [5, 5.41) is 2.91. The number of rotatable bonds is 7. The monoisotopic (exact) mass is 412 g/mol. The molecule has 0 unspecified atom stereocenters. The Balaban J connectivity index is 1.47. The third-order valence-electron chi connectivity index (χ3n) is 5.82. The Labute approximate surface area is 183 Å². The number of amides is 2. The fraction of sp³-hybridized carbons (Fsp3) is 0.259. The summed E-state index contributed by atoms with van der Waals surface area (Å²) >= 11 is 0. The quantitative estimate of drug-likeness (QED) is 0.550. The molecule has 158 valence electrons. The van der Waals surface area contributed by atoms with Gasteiger partial charge < -0.3 is 10.2 Å². The normalized spacial score (nSPS) is 13.7. The molecule has 0 aromatic heterocycles. The number of nitrogens with one attached hydrogen (secondary N) is 1. The Morgan fingerprint density at radius 2 is 1.39 bits per heavy atom. The van der Waals surface area contributed by atoms with E-state index in [4.69, 9.17) is 0 Å². The predicted octanol–water partition coefficient (Wildman–Crippen LogP) is 5.59. The van der Waals surface area contributed by atoms with Crippen LogP contribution in [-0.2, 0) is 22.6 Å². The molecule has 0 aliphatic heterocycles. The zero-order valence-corrected chi connectivity index (χ0v) is 17.7. The van der Waals surface area contributed by atoms with Crippen molar-refractivity contribution in [2.45, 2.75) is 38.6 Å². The first-order valence-corrected chi connectivity index (χ1v) is 11.0. The molecule has 1 N–H and O–H groups in total. The Kier molecular flexibility index (Phi) is 6.78. The van der Waals surface area contributed by atoms with Crippen LogP contribution in [0.1, 0.15) is 36.8 Å². The van der Waals surface area contributed by atoms with Gasteiger partial charge in [-0.15, -0.1) is 0 Å². The van der Waals surface area contributed by atoms with Crippen molar-refractivity contribution in [3.8, 4) is 0 Å². The van der Waals surface area contributed by atoms with Gasteiger partial charge in [-0.3, -0.25) is 9.59 Å². The molecule has 3 aromatic rings. The number of benzene rings is 3. The van der Waals surface area contributed by atoms with Crippen LogP contribution in [-0.4, -0.2) is 11.8 Å². The SMILES string of the molecule is O=C(Cc1ccc(N(Cc2ccccc2)C(=O)C2CCCC2)cc1)Nc1ccccc1. The van der Waals surface area contributed by atoms with Crippen molar-refractivity contribution in [1.29, 1.82) is 0 Å². The van der Waals surface area contributed by atoms with E-state index < -0.39 is 0 Å². The van der Waals surface area contributed by atoms with E-state index in [0.29, 0.717) is 13.0 Å². The van der Waals surface area contributed by atoms with Gasteiger partial charge in [0.15, 0.2) is 0 Å². The van der Waals surface area contributed by atoms with Crippen LogP contribution in [0, 0.1) is 5.92 Å². The molecule has 0 atom stereocenters. The van der Waals surface area contributed by atoms with Crippen molar-refractivity contribution in [3.05, 3.63) is 96.1 Å². The van der Waals surface area contributed by atoms with Gasteiger partial charge in [0.25, 0.3) is 0 Å². The minimum Gasteiger partial charge on any atom is -0.326 e. The average Bonchev–Trinajstić information content (AvgIpc) is 3.34. The van der Waals surface area contributed by atoms with Gasteiger partial charge >= 0.3 is 0 Å². The van der Waals surface area contributed by atoms with Crippen LogP contribution in [0.4, 0.5) is 11.4 Å². The second kappa shape index (κ2) is 10.1. The topological polar surface area (TPSA) is 49.4 Å². The Hall–Kier alpha value is -3.40. The third-order valence-corrected chi connectivity index (χ3v) is 5.82. The lowest BCUT2D eigenvalue weighted by atomic mass is 10.0. The molecular weight excluding hydrogens is 384 g/mol. The van der Waals surface area contributed by atoms with Gasteiger partial charge in [-0.05, 0) is 48.2 Å². The Morgan fingerprint density at radius 1 is 0.774 bits per heavy atom. The maximum Gasteiger partial charge on any atom is 0.230 e. The van der Waals surface area contributed by atoms with Crippen LogP contribution >= 0.6 is 0 Å². The number of para-hydroxylation sites is 1. The van der Waals surface area contributed by atoms with Crippen LogP contribution < -0.4 is 10.2 Å². The van der Waals surface area contributed by atoms with E-state index in [2.05, 4.69) is 17.4 Å². The molecule has 31 heavy (non-hydrogen) atoms. The Bertz CT molecular complexity index is 994. The smallest absolute Gasteiger partial charge is 0.230 e. The number of hydrogen-bond donors (Lipinski definition) is 1. The van der Waals surface area contributed by atoms with Crippen molar-refractivity contribution < 1.29 is 9.59 Å². The van der Waals surface area contributed by atoms with Gasteiger partial charge in [0.05, 0.1) is 13.0 Å². The van der Waals surface area contributed by atoms with Crippen LogP contribution in [0.25, 0.3) is 0 Å². The number of carbonyl (C=O) groups is 2. The van der Waals surface area contributed by atoms with Crippen LogP contribution in [0.2, 0.25) is 0 Å². The summed E-state index contributed by atoms with van der Waals surface area (Å²) in [4.78, 5) is 27.5. The summed E-state index contributed by atoms with van der Waals surface area (Å²) in [5.74, 6) is 0.262. The van der Waals surface area contributed by atoms with Gasteiger partial charge in [-0.25, -0.2) is 0 Å². The van der Waals surface area contributed by atoms with E-state index in [1.54, 1.807) is 0 Å². The van der Waals surface area contributed by atoms with Crippen LogP contribution in [0.3, 0.4) is 0 Å². The summed E-state index contributed by atoms with van der Waals surface area (Å²) < 4.78 is 0. The van der Waals surface area contributed by atoms with Crippen molar-refractivity contribution in [3.63, 3.8) is 0 Å². The molecule has 0 radical (unpaired) electrons. The van der Waals surface area contributed by atoms with E-state index in [0.717, 1.165) is 48.2 Å². The van der Waals surface area contributed by atoms with E-state index >= 15 is 0 Å². The lowest BCUT2D eigenvalue weighted by molar-refractivity contribution is -0.122. The Morgan fingerprint density at radius 3 is 2.03 bits per heavy atom. The fourth-order valence-electron chi connectivity index (χ4n) is 4.16. The van der Waals surface area contributed by atoms with Crippen molar-refractivity contribution >= 4 is 23.2 Å². The van der Waals surface area contributed by atoms with Gasteiger partial charge in [0.1, 0.15) is 0 Å². The van der Waals surface area contributed by atoms with Gasteiger partial charge in [-0.2, -0.15) is 0 Å². The first-order chi connectivity index (χ1) is 15.2. The van der Waals surface area contributed by atoms with Crippen molar-refractivity contribution in [1.82, 2.24) is 0 Å². The fourth-order valence-corrected chi connectivity index (χ4v) is 4.16. The third kappa shape index (κ3) is 5.60. The summed E-state index contributed by atoms with van der Waals surface area (Å²) in [7, 11) is 0. The molecule has 1 saturated carbocycles. The molecule has 0 bridgehead atoms. The summed E-state index contributed by atoms with van der Waals surface area (Å²) in [5.41, 5.74) is 3.71. The molecule has 0 saturated heterocycles. The standard InChI is InChI=1S/C27H28N2O2/c30-26(28-24-13-5-2-6-14-24)19-21-15-17-25(18-16-21)29(20-22-9-3-1-4-10-22)27(31)23-11-7-8-12-23/h1-6,9-10,13-18,23H,7-8,11-12,19-20H2,(H,28,30). The molecule has 1 fully saturated rings. The molecule has 4 heteroatoms. The molecule has 4 nitrogen and oxygen atoms in total. The molecule has 1 aliphatic carbocycles. The van der Waals surface area contributed by atoms with Gasteiger partial charge in [0.2, 0.25) is 11.8 Å². The van der Waals surface area contributed by atoms with Gasteiger partial charge in [0, 0.05) is 17.3 Å². The average molecular weight is 413 g/mol. The van der Waals surface area contributed by atoms with E-state index in [-0.39, 0.29) is 17.7 Å². The van der Waals surface area contributed by atoms with E-state index in [1.165, 1.54) is 0 Å². The van der Waals surface area contributed by atoms with Crippen LogP contribution in [0.5, 0.6) is 0 Å². The maximum absolute atomic E-state index is 13.3. The first kappa shape index (κ1) is 20.9. The minimum absolute atomic E-state index is 0.0536. The van der Waals surface area contributed by atoms with Crippen molar-refractivity contribution in [2.24, 2.45) is 5.92 Å². The van der Waals surface area contributed by atoms with Crippen molar-refractivity contribution in [2.75, 3.05) is 10.2 Å². The zero-order valence-electron chi connectivity index (χ0n) is 17.7. The molecule has 0 spiro atoms. The molecule has 3 aromatic carbocycles.